The van der Waals surface area contributed by atoms with E-state index >= 15 is 0 Å². The van der Waals surface area contributed by atoms with Crippen LogP contribution in [0, 0.1) is 0 Å². The lowest BCUT2D eigenvalue weighted by atomic mass is 10.2. The van der Waals surface area contributed by atoms with Crippen LogP contribution in [-0.4, -0.2) is 27.6 Å². The number of carbonyl (C=O) groups is 1. The van der Waals surface area contributed by atoms with E-state index < -0.39 is 17.2 Å². The first-order chi connectivity index (χ1) is 13.1. The van der Waals surface area contributed by atoms with Gasteiger partial charge in [-0.15, -0.1) is 11.3 Å². The molecule has 0 unspecified atom stereocenters. The van der Waals surface area contributed by atoms with Crippen LogP contribution in [0.4, 0.5) is 0 Å². The summed E-state index contributed by atoms with van der Waals surface area (Å²) in [7, 11) is 1.25. The van der Waals surface area contributed by atoms with Crippen LogP contribution >= 0.6 is 11.3 Å². The first-order valence-corrected chi connectivity index (χ1v) is 8.79. The van der Waals surface area contributed by atoms with Gasteiger partial charge in [-0.3, -0.25) is 4.79 Å². The van der Waals surface area contributed by atoms with Crippen LogP contribution in [0.2, 0.25) is 0 Å². The number of pyridine rings is 1. The summed E-state index contributed by atoms with van der Waals surface area (Å²) in [6.45, 7) is 0. The zero-order valence-electron chi connectivity index (χ0n) is 14.1. The van der Waals surface area contributed by atoms with E-state index in [1.54, 1.807) is 6.07 Å². The molecule has 0 aliphatic carbocycles. The van der Waals surface area contributed by atoms with Crippen LogP contribution in [0.5, 0.6) is 0 Å². The second-order valence-electron chi connectivity index (χ2n) is 5.68. The van der Waals surface area contributed by atoms with E-state index in [2.05, 4.69) is 14.7 Å². The number of hydrogen-bond acceptors (Lipinski definition) is 6. The molecule has 4 aromatic rings. The number of aromatic nitrogens is 3. The van der Waals surface area contributed by atoms with Crippen molar-refractivity contribution in [1.82, 2.24) is 14.5 Å². The smallest absolute Gasteiger partial charge is 0.338 e. The molecule has 0 fully saturated rings. The normalized spacial score (nSPS) is 10.9. The molecule has 8 heteroatoms. The van der Waals surface area contributed by atoms with Crippen molar-refractivity contribution < 1.29 is 9.53 Å². The number of H-pyrrole nitrogens is 1. The molecule has 0 amide bonds. The molecule has 0 bridgehead atoms. The number of thiophene rings is 1. The lowest BCUT2D eigenvalue weighted by Crippen LogP contribution is -2.33. The van der Waals surface area contributed by atoms with Gasteiger partial charge in [-0.05, 0) is 23.8 Å². The van der Waals surface area contributed by atoms with Crippen LogP contribution < -0.4 is 11.2 Å². The fourth-order valence-electron chi connectivity index (χ4n) is 2.75. The number of hydrogen-bond donors (Lipinski definition) is 1. The standard InChI is InChI=1S/C19H13N3O4S/c1-26-18(24)12-7-8-20-15(9-12)22-17(23)16-13(21-19(22)25)10-14(27-16)11-5-3-2-4-6-11/h2-10H,1H3,(H,21,25). The van der Waals surface area contributed by atoms with Gasteiger partial charge in [0, 0.05) is 11.1 Å². The number of fused-ring (bicyclic) bond motifs is 1. The lowest BCUT2D eigenvalue weighted by Gasteiger charge is -2.05. The molecule has 4 rings (SSSR count). The predicted octanol–water partition coefficient (Wildman–Crippen LogP) is 2.59. The number of nitrogens with zero attached hydrogens (tertiary/aromatic N) is 2. The van der Waals surface area contributed by atoms with Crippen molar-refractivity contribution >= 4 is 27.5 Å². The first kappa shape index (κ1) is 16.9. The largest absolute Gasteiger partial charge is 0.465 e. The second-order valence-corrected chi connectivity index (χ2v) is 6.74. The average Bonchev–Trinajstić information content (AvgIpc) is 3.12. The summed E-state index contributed by atoms with van der Waals surface area (Å²) in [5.41, 5.74) is 0.505. The Labute approximate surface area is 156 Å². The fraction of sp³-hybridized carbons (Fsp3) is 0.0526. The van der Waals surface area contributed by atoms with E-state index in [1.807, 2.05) is 30.3 Å². The quantitative estimate of drug-likeness (QED) is 0.552. The number of benzene rings is 1. The number of rotatable bonds is 3. The van der Waals surface area contributed by atoms with Crippen LogP contribution in [0.25, 0.3) is 26.5 Å². The molecule has 0 saturated heterocycles. The third-order valence-electron chi connectivity index (χ3n) is 4.03. The molecule has 7 nitrogen and oxygen atoms in total. The minimum atomic E-state index is -0.626. The Morgan fingerprint density at radius 3 is 2.67 bits per heavy atom. The average molecular weight is 379 g/mol. The Balaban J connectivity index is 1.92. The zero-order chi connectivity index (χ0) is 19.0. The minimum absolute atomic E-state index is 0.0562. The number of nitrogens with one attached hydrogen (secondary N) is 1. The zero-order valence-corrected chi connectivity index (χ0v) is 14.9. The van der Waals surface area contributed by atoms with E-state index in [9.17, 15) is 14.4 Å². The van der Waals surface area contributed by atoms with Crippen molar-refractivity contribution in [2.24, 2.45) is 0 Å². The van der Waals surface area contributed by atoms with Crippen molar-refractivity contribution in [1.29, 1.82) is 0 Å². The van der Waals surface area contributed by atoms with Crippen molar-refractivity contribution in [2.75, 3.05) is 7.11 Å². The number of carbonyl (C=O) groups excluding carboxylic acids is 1. The molecule has 0 atom stereocenters. The fourth-order valence-corrected chi connectivity index (χ4v) is 3.80. The summed E-state index contributed by atoms with van der Waals surface area (Å²) >= 11 is 1.29. The summed E-state index contributed by atoms with van der Waals surface area (Å²) in [4.78, 5) is 44.8. The lowest BCUT2D eigenvalue weighted by molar-refractivity contribution is 0.0600. The summed E-state index contributed by atoms with van der Waals surface area (Å²) in [6, 6.07) is 14.2. The molecular weight excluding hydrogens is 366 g/mol. The van der Waals surface area contributed by atoms with Crippen LogP contribution in [-0.2, 0) is 4.74 Å². The number of esters is 1. The molecule has 3 aromatic heterocycles. The van der Waals surface area contributed by atoms with Crippen molar-refractivity contribution in [3.63, 3.8) is 0 Å². The van der Waals surface area contributed by atoms with Gasteiger partial charge in [-0.1, -0.05) is 30.3 Å². The maximum absolute atomic E-state index is 12.9. The molecule has 27 heavy (non-hydrogen) atoms. The van der Waals surface area contributed by atoms with Gasteiger partial charge in [0.2, 0.25) is 0 Å². The molecule has 0 radical (unpaired) electrons. The van der Waals surface area contributed by atoms with Crippen LogP contribution in [0.15, 0.2) is 64.3 Å². The molecule has 134 valence electrons. The number of aromatic amines is 1. The summed E-state index contributed by atoms with van der Waals surface area (Å²) in [6.07, 6.45) is 1.35. The summed E-state index contributed by atoms with van der Waals surface area (Å²) < 4.78 is 5.99. The highest BCUT2D eigenvalue weighted by atomic mass is 32.1. The van der Waals surface area contributed by atoms with E-state index in [4.69, 9.17) is 0 Å². The Bertz CT molecular complexity index is 1270. The van der Waals surface area contributed by atoms with Gasteiger partial charge in [0.1, 0.15) is 10.5 Å². The third kappa shape index (κ3) is 2.96. The molecule has 1 N–H and O–H groups in total. The van der Waals surface area contributed by atoms with Gasteiger partial charge in [0.15, 0.2) is 0 Å². The van der Waals surface area contributed by atoms with Gasteiger partial charge in [-0.25, -0.2) is 19.1 Å². The molecular formula is C19H13N3O4S. The Kier molecular flexibility index (Phi) is 4.17. The molecule has 0 spiro atoms. The minimum Gasteiger partial charge on any atom is -0.465 e. The van der Waals surface area contributed by atoms with Gasteiger partial charge >= 0.3 is 11.7 Å². The van der Waals surface area contributed by atoms with Gasteiger partial charge in [0.25, 0.3) is 5.56 Å². The Hall–Kier alpha value is -3.52. The highest BCUT2D eigenvalue weighted by Crippen LogP contribution is 2.30. The van der Waals surface area contributed by atoms with Crippen LogP contribution in [0.3, 0.4) is 0 Å². The molecule has 0 saturated carbocycles. The third-order valence-corrected chi connectivity index (χ3v) is 5.20. The van der Waals surface area contributed by atoms with Gasteiger partial charge in [0.05, 0.1) is 18.2 Å². The van der Waals surface area contributed by atoms with E-state index in [0.29, 0.717) is 10.2 Å². The number of methoxy groups -OCH3 is 1. The molecule has 3 heterocycles. The number of ether oxygens (including phenoxy) is 1. The molecule has 0 aliphatic heterocycles. The van der Waals surface area contributed by atoms with E-state index in [1.165, 1.54) is 36.8 Å². The van der Waals surface area contributed by atoms with Crippen molar-refractivity contribution in [3.8, 4) is 16.3 Å². The summed E-state index contributed by atoms with van der Waals surface area (Å²) in [5.74, 6) is -0.521. The monoisotopic (exact) mass is 379 g/mol. The van der Waals surface area contributed by atoms with E-state index in [-0.39, 0.29) is 11.4 Å². The van der Waals surface area contributed by atoms with E-state index in [0.717, 1.165) is 15.0 Å². The Morgan fingerprint density at radius 2 is 1.93 bits per heavy atom. The van der Waals surface area contributed by atoms with Gasteiger partial charge < -0.3 is 9.72 Å². The first-order valence-electron chi connectivity index (χ1n) is 7.97. The Morgan fingerprint density at radius 1 is 1.15 bits per heavy atom. The topological polar surface area (TPSA) is 94.0 Å². The van der Waals surface area contributed by atoms with Crippen molar-refractivity contribution in [2.45, 2.75) is 0 Å². The maximum Gasteiger partial charge on any atom is 0.338 e. The maximum atomic E-state index is 12.9. The van der Waals surface area contributed by atoms with Crippen LogP contribution in [0.1, 0.15) is 10.4 Å². The predicted molar refractivity (Wildman–Crippen MR) is 103 cm³/mol. The molecule has 1 aromatic carbocycles. The second kappa shape index (κ2) is 6.65. The van der Waals surface area contributed by atoms with Crippen molar-refractivity contribution in [3.05, 3.63) is 81.1 Å². The highest BCUT2D eigenvalue weighted by Gasteiger charge is 2.16. The van der Waals surface area contributed by atoms with Gasteiger partial charge in [-0.2, -0.15) is 0 Å². The highest BCUT2D eigenvalue weighted by molar-refractivity contribution is 7.22. The molecule has 0 aliphatic rings. The summed E-state index contributed by atoms with van der Waals surface area (Å²) in [5, 5.41) is 0. The SMILES string of the molecule is COC(=O)c1ccnc(-n2c(=O)[nH]c3cc(-c4ccccc4)sc3c2=O)c1.